The molecule has 1 aliphatic heterocycles. The van der Waals surface area contributed by atoms with Crippen LogP contribution in [0.1, 0.15) is 17.4 Å². The Morgan fingerprint density at radius 3 is 2.35 bits per heavy atom. The Labute approximate surface area is 188 Å². The highest BCUT2D eigenvalue weighted by molar-refractivity contribution is 7.09. The Kier molecular flexibility index (Phi) is 7.22. The largest absolute Gasteiger partial charge is 0.497 e. The molecule has 164 valence electrons. The van der Waals surface area contributed by atoms with E-state index in [0.717, 1.165) is 62.1 Å². The molecule has 0 aliphatic carbocycles. The molecule has 1 fully saturated rings. The second-order valence-corrected chi connectivity index (χ2v) is 8.94. The standard InChI is InChI=1S/C25H31N3O2S/c1-4-20-5-9-22(10-6-20)26-25-28(14-13-27-15-17-30-18-16-27)24(19(2)31-25)21-7-11-23(29-3)12-8-21/h5-12H,4,13-18H2,1-3H3. The molecule has 1 aliphatic rings. The molecule has 2 aromatic carbocycles. The average Bonchev–Trinajstić information content (AvgIpc) is 3.13. The average molecular weight is 438 g/mol. The quantitative estimate of drug-likeness (QED) is 0.540. The lowest BCUT2D eigenvalue weighted by Gasteiger charge is -2.27. The molecule has 0 saturated carbocycles. The van der Waals surface area contributed by atoms with Crippen molar-refractivity contribution in [1.82, 2.24) is 9.47 Å². The summed E-state index contributed by atoms with van der Waals surface area (Å²) in [7, 11) is 1.70. The van der Waals surface area contributed by atoms with Crippen LogP contribution in [0.2, 0.25) is 0 Å². The van der Waals surface area contributed by atoms with Gasteiger partial charge in [0.05, 0.1) is 31.7 Å². The van der Waals surface area contributed by atoms with Crippen LogP contribution in [0.15, 0.2) is 53.5 Å². The summed E-state index contributed by atoms with van der Waals surface area (Å²) < 4.78 is 13.2. The third-order valence-corrected chi connectivity index (χ3v) is 6.75. The smallest absolute Gasteiger partial charge is 0.190 e. The summed E-state index contributed by atoms with van der Waals surface area (Å²) in [6.45, 7) is 9.88. The van der Waals surface area contributed by atoms with Gasteiger partial charge in [-0.2, -0.15) is 0 Å². The molecule has 4 rings (SSSR count). The first-order chi connectivity index (χ1) is 15.2. The van der Waals surface area contributed by atoms with Crippen molar-refractivity contribution in [1.29, 1.82) is 0 Å². The summed E-state index contributed by atoms with van der Waals surface area (Å²) in [5.74, 6) is 0.873. The van der Waals surface area contributed by atoms with Gasteiger partial charge in [0.1, 0.15) is 5.75 Å². The number of morpholine rings is 1. The highest BCUT2D eigenvalue weighted by Crippen LogP contribution is 2.28. The number of aryl methyl sites for hydroxylation is 2. The molecule has 0 radical (unpaired) electrons. The minimum Gasteiger partial charge on any atom is -0.497 e. The molecule has 1 saturated heterocycles. The summed E-state index contributed by atoms with van der Waals surface area (Å²) in [6.07, 6.45) is 1.04. The van der Waals surface area contributed by atoms with Crippen molar-refractivity contribution in [3.63, 3.8) is 0 Å². The normalized spacial score (nSPS) is 15.4. The number of thiazole rings is 1. The molecule has 6 heteroatoms. The molecule has 5 nitrogen and oxygen atoms in total. The molecular formula is C25H31N3O2S. The van der Waals surface area contributed by atoms with Gasteiger partial charge in [-0.3, -0.25) is 4.90 Å². The number of methoxy groups -OCH3 is 1. The van der Waals surface area contributed by atoms with E-state index < -0.39 is 0 Å². The molecule has 31 heavy (non-hydrogen) atoms. The summed E-state index contributed by atoms with van der Waals surface area (Å²) in [5.41, 5.74) is 4.77. The van der Waals surface area contributed by atoms with E-state index in [1.165, 1.54) is 21.7 Å². The van der Waals surface area contributed by atoms with Crippen LogP contribution in [0.3, 0.4) is 0 Å². The number of ether oxygens (including phenoxy) is 2. The lowest BCUT2D eigenvalue weighted by molar-refractivity contribution is 0.0363. The summed E-state index contributed by atoms with van der Waals surface area (Å²) in [4.78, 5) is 9.82. The predicted molar refractivity (Wildman–Crippen MR) is 127 cm³/mol. The van der Waals surface area contributed by atoms with Gasteiger partial charge in [0, 0.05) is 31.1 Å². The van der Waals surface area contributed by atoms with Gasteiger partial charge in [0.15, 0.2) is 4.80 Å². The van der Waals surface area contributed by atoms with Gasteiger partial charge in [-0.05, 0) is 60.9 Å². The topological polar surface area (TPSA) is 39.0 Å². The SMILES string of the molecule is CCc1ccc(N=c2sc(C)c(-c3ccc(OC)cc3)n2CCN2CCOCC2)cc1. The monoisotopic (exact) mass is 437 g/mol. The highest BCUT2D eigenvalue weighted by Gasteiger charge is 2.16. The van der Waals surface area contributed by atoms with E-state index in [0.29, 0.717) is 0 Å². The molecule has 1 aromatic heterocycles. The molecular weight excluding hydrogens is 406 g/mol. The van der Waals surface area contributed by atoms with Crippen LogP contribution in [0, 0.1) is 6.92 Å². The van der Waals surface area contributed by atoms with Gasteiger partial charge in [-0.25, -0.2) is 4.99 Å². The van der Waals surface area contributed by atoms with E-state index in [1.54, 1.807) is 18.4 Å². The predicted octanol–water partition coefficient (Wildman–Crippen LogP) is 4.66. The van der Waals surface area contributed by atoms with Crippen molar-refractivity contribution in [2.75, 3.05) is 40.0 Å². The van der Waals surface area contributed by atoms with E-state index in [1.807, 2.05) is 12.1 Å². The van der Waals surface area contributed by atoms with E-state index in [4.69, 9.17) is 14.5 Å². The zero-order chi connectivity index (χ0) is 21.6. The lowest BCUT2D eigenvalue weighted by Crippen LogP contribution is -2.39. The van der Waals surface area contributed by atoms with Crippen LogP contribution >= 0.6 is 11.3 Å². The summed E-state index contributed by atoms with van der Waals surface area (Å²) >= 11 is 1.76. The summed E-state index contributed by atoms with van der Waals surface area (Å²) in [5, 5.41) is 0. The molecule has 3 aromatic rings. The van der Waals surface area contributed by atoms with Crippen molar-refractivity contribution in [2.24, 2.45) is 4.99 Å². The second kappa shape index (κ2) is 10.3. The molecule has 0 unspecified atom stereocenters. The van der Waals surface area contributed by atoms with Crippen LogP contribution in [0.5, 0.6) is 5.75 Å². The Hall–Kier alpha value is -2.41. The van der Waals surface area contributed by atoms with E-state index in [9.17, 15) is 0 Å². The Morgan fingerprint density at radius 2 is 1.71 bits per heavy atom. The van der Waals surface area contributed by atoms with Gasteiger partial charge in [0.25, 0.3) is 0 Å². The van der Waals surface area contributed by atoms with Gasteiger partial charge in [-0.15, -0.1) is 11.3 Å². The first-order valence-corrected chi connectivity index (χ1v) is 11.8. The zero-order valence-electron chi connectivity index (χ0n) is 18.6. The zero-order valence-corrected chi connectivity index (χ0v) is 19.5. The van der Waals surface area contributed by atoms with Crippen LogP contribution in [-0.2, 0) is 17.7 Å². The van der Waals surface area contributed by atoms with E-state index in [2.05, 4.69) is 59.7 Å². The maximum atomic E-state index is 5.52. The van der Waals surface area contributed by atoms with Gasteiger partial charge in [0.2, 0.25) is 0 Å². The fourth-order valence-corrected chi connectivity index (χ4v) is 4.95. The van der Waals surface area contributed by atoms with Crippen LogP contribution < -0.4 is 9.54 Å². The minimum absolute atomic E-state index is 0.819. The van der Waals surface area contributed by atoms with Crippen molar-refractivity contribution >= 4 is 17.0 Å². The van der Waals surface area contributed by atoms with Gasteiger partial charge >= 0.3 is 0 Å². The molecule has 0 bridgehead atoms. The highest BCUT2D eigenvalue weighted by atomic mass is 32.1. The fraction of sp³-hybridized carbons (Fsp3) is 0.400. The van der Waals surface area contributed by atoms with Crippen molar-refractivity contribution in [3.8, 4) is 17.0 Å². The maximum Gasteiger partial charge on any atom is 0.190 e. The van der Waals surface area contributed by atoms with Gasteiger partial charge in [-0.1, -0.05) is 19.1 Å². The molecule has 2 heterocycles. The van der Waals surface area contributed by atoms with Crippen LogP contribution in [-0.4, -0.2) is 49.4 Å². The number of hydrogen-bond acceptors (Lipinski definition) is 5. The molecule has 0 atom stereocenters. The number of hydrogen-bond donors (Lipinski definition) is 0. The van der Waals surface area contributed by atoms with E-state index >= 15 is 0 Å². The Bertz CT molecular complexity index is 1050. The van der Waals surface area contributed by atoms with Crippen molar-refractivity contribution in [2.45, 2.75) is 26.8 Å². The Morgan fingerprint density at radius 1 is 1.00 bits per heavy atom. The number of aromatic nitrogens is 1. The van der Waals surface area contributed by atoms with Gasteiger partial charge < -0.3 is 14.0 Å². The van der Waals surface area contributed by atoms with Crippen molar-refractivity contribution in [3.05, 3.63) is 63.8 Å². The first-order valence-electron chi connectivity index (χ1n) is 11.0. The van der Waals surface area contributed by atoms with E-state index in [-0.39, 0.29) is 0 Å². The lowest BCUT2D eigenvalue weighted by atomic mass is 10.1. The van der Waals surface area contributed by atoms with Crippen LogP contribution in [0.4, 0.5) is 5.69 Å². The second-order valence-electron chi connectivity index (χ2n) is 7.76. The van der Waals surface area contributed by atoms with Crippen LogP contribution in [0.25, 0.3) is 11.3 Å². The molecule has 0 spiro atoms. The number of nitrogens with zero attached hydrogens (tertiary/aromatic N) is 3. The number of benzene rings is 2. The minimum atomic E-state index is 0.819. The summed E-state index contributed by atoms with van der Waals surface area (Å²) in [6, 6.07) is 16.9. The fourth-order valence-electron chi connectivity index (χ4n) is 3.91. The maximum absolute atomic E-state index is 5.52. The Balaban J connectivity index is 1.72. The first kappa shape index (κ1) is 21.8. The molecule has 0 N–H and O–H groups in total. The molecule has 0 amide bonds. The third-order valence-electron chi connectivity index (χ3n) is 5.76. The third kappa shape index (κ3) is 5.26. The van der Waals surface area contributed by atoms with Crippen molar-refractivity contribution < 1.29 is 9.47 Å². The number of rotatable bonds is 7.